The normalized spacial score (nSPS) is 21.2. The minimum Gasteiger partial charge on any atom is -0.489 e. The van der Waals surface area contributed by atoms with Gasteiger partial charge >= 0.3 is 12.2 Å². The van der Waals surface area contributed by atoms with Crippen molar-refractivity contribution in [3.63, 3.8) is 0 Å². The molecule has 2 aromatic carbocycles. The fraction of sp³-hybridized carbons (Fsp3) is 0.548. The van der Waals surface area contributed by atoms with E-state index in [9.17, 15) is 19.8 Å². The quantitative estimate of drug-likeness (QED) is 0.304. The summed E-state index contributed by atoms with van der Waals surface area (Å²) in [6.07, 6.45) is -1.06. The highest BCUT2D eigenvalue weighted by Gasteiger charge is 2.44. The van der Waals surface area contributed by atoms with Gasteiger partial charge in [0.05, 0.1) is 37.8 Å². The topological polar surface area (TPSA) is 127 Å². The maximum Gasteiger partial charge on any atom is 0.407 e. The first-order valence-corrected chi connectivity index (χ1v) is 14.5. The lowest BCUT2D eigenvalue weighted by Crippen LogP contribution is -2.51. The summed E-state index contributed by atoms with van der Waals surface area (Å²) in [5.41, 5.74) is 1.90. The highest BCUT2D eigenvalue weighted by Crippen LogP contribution is 2.33. The number of benzene rings is 2. The van der Waals surface area contributed by atoms with Crippen LogP contribution in [-0.4, -0.2) is 78.1 Å². The molecule has 2 aliphatic rings. The standard InChI is InChI=1S/C31H42N2O8/c1-3-21(4-2)17-33(31(36)37)18-27(34)26(32-30(35)41-28-20-40-29-25(28)14-15-38-29)16-22-10-12-24(13-11-22)39-19-23-8-6-5-7-9-23/h5-13,21,25-29,34H,3-4,14-20H2,1-2H3,(H,32,35)(H,36,37)/t25-,26-,27+,28-,29+/m0/s1. The highest BCUT2D eigenvalue weighted by molar-refractivity contribution is 5.68. The zero-order chi connectivity index (χ0) is 29.2. The van der Waals surface area contributed by atoms with E-state index >= 15 is 0 Å². The number of alkyl carbamates (subject to hydrolysis) is 1. The van der Waals surface area contributed by atoms with Crippen LogP contribution in [0, 0.1) is 11.8 Å². The third-order valence-corrected chi connectivity index (χ3v) is 7.95. The van der Waals surface area contributed by atoms with Crippen LogP contribution in [0.2, 0.25) is 0 Å². The summed E-state index contributed by atoms with van der Waals surface area (Å²) in [6.45, 7) is 5.46. The predicted molar refractivity (Wildman–Crippen MR) is 152 cm³/mol. The first-order valence-electron chi connectivity index (χ1n) is 14.5. The molecular formula is C31H42N2O8. The lowest BCUT2D eigenvalue weighted by atomic mass is 9.99. The summed E-state index contributed by atoms with van der Waals surface area (Å²) < 4.78 is 22.6. The zero-order valence-corrected chi connectivity index (χ0v) is 23.8. The lowest BCUT2D eigenvalue weighted by Gasteiger charge is -2.30. The minimum absolute atomic E-state index is 0.0184. The molecule has 2 aromatic rings. The van der Waals surface area contributed by atoms with Gasteiger partial charge in [-0.1, -0.05) is 69.2 Å². The van der Waals surface area contributed by atoms with E-state index in [0.29, 0.717) is 25.5 Å². The van der Waals surface area contributed by atoms with E-state index in [1.807, 2.05) is 68.4 Å². The van der Waals surface area contributed by atoms with E-state index in [2.05, 4.69) is 5.32 Å². The molecule has 2 fully saturated rings. The molecule has 0 bridgehead atoms. The molecule has 2 heterocycles. The molecular weight excluding hydrogens is 528 g/mol. The largest absolute Gasteiger partial charge is 0.489 e. The summed E-state index contributed by atoms with van der Waals surface area (Å²) in [6, 6.07) is 16.5. The first-order chi connectivity index (χ1) is 19.9. The highest BCUT2D eigenvalue weighted by atomic mass is 16.7. The molecule has 3 N–H and O–H groups in total. The lowest BCUT2D eigenvalue weighted by molar-refractivity contribution is -0.0907. The van der Waals surface area contributed by atoms with Crippen LogP contribution >= 0.6 is 0 Å². The number of rotatable bonds is 14. The Morgan fingerprint density at radius 2 is 1.76 bits per heavy atom. The molecule has 2 amide bonds. The average molecular weight is 571 g/mol. The van der Waals surface area contributed by atoms with Crippen molar-refractivity contribution in [3.05, 3.63) is 65.7 Å². The number of amides is 2. The molecule has 0 radical (unpaired) electrons. The van der Waals surface area contributed by atoms with Crippen molar-refractivity contribution in [1.29, 1.82) is 0 Å². The molecule has 224 valence electrons. The van der Waals surface area contributed by atoms with Crippen LogP contribution < -0.4 is 10.1 Å². The van der Waals surface area contributed by atoms with Crippen molar-refractivity contribution in [1.82, 2.24) is 10.2 Å². The van der Waals surface area contributed by atoms with Crippen LogP contribution in [-0.2, 0) is 27.2 Å². The van der Waals surface area contributed by atoms with Gasteiger partial charge in [0, 0.05) is 6.54 Å². The van der Waals surface area contributed by atoms with Crippen molar-refractivity contribution in [2.75, 3.05) is 26.3 Å². The molecule has 5 atom stereocenters. The Morgan fingerprint density at radius 3 is 2.44 bits per heavy atom. The Kier molecular flexibility index (Phi) is 11.2. The van der Waals surface area contributed by atoms with Crippen LogP contribution in [0.15, 0.2) is 54.6 Å². The second-order valence-corrected chi connectivity index (χ2v) is 10.8. The van der Waals surface area contributed by atoms with E-state index in [-0.39, 0.29) is 37.7 Å². The smallest absolute Gasteiger partial charge is 0.407 e. The van der Waals surface area contributed by atoms with E-state index in [0.717, 1.165) is 30.4 Å². The van der Waals surface area contributed by atoms with E-state index < -0.39 is 30.4 Å². The van der Waals surface area contributed by atoms with Crippen LogP contribution in [0.25, 0.3) is 0 Å². The maximum atomic E-state index is 13.0. The van der Waals surface area contributed by atoms with Crippen molar-refractivity contribution in [2.24, 2.45) is 11.8 Å². The van der Waals surface area contributed by atoms with Gasteiger partial charge in [-0.3, -0.25) is 0 Å². The van der Waals surface area contributed by atoms with Crippen molar-refractivity contribution >= 4 is 12.2 Å². The zero-order valence-electron chi connectivity index (χ0n) is 23.8. The summed E-state index contributed by atoms with van der Waals surface area (Å²) in [7, 11) is 0. The second-order valence-electron chi connectivity index (χ2n) is 10.8. The van der Waals surface area contributed by atoms with Gasteiger partial charge in [-0.25, -0.2) is 9.59 Å². The van der Waals surface area contributed by atoms with Gasteiger partial charge in [0.2, 0.25) is 0 Å². The van der Waals surface area contributed by atoms with Crippen LogP contribution in [0.1, 0.15) is 44.2 Å². The Morgan fingerprint density at radius 1 is 1.02 bits per heavy atom. The van der Waals surface area contributed by atoms with Gasteiger partial charge < -0.3 is 39.4 Å². The number of fused-ring (bicyclic) bond motifs is 1. The maximum absolute atomic E-state index is 13.0. The molecule has 0 unspecified atom stereocenters. The SMILES string of the molecule is CCC(CC)CN(C[C@@H](O)[C@H](Cc1ccc(OCc2ccccc2)cc1)NC(=O)O[C@H]1CO[C@H]2OCC[C@H]21)C(=O)O. The summed E-state index contributed by atoms with van der Waals surface area (Å²) in [4.78, 5) is 26.2. The predicted octanol–water partition coefficient (Wildman–Crippen LogP) is 4.44. The number of aliphatic hydroxyl groups excluding tert-OH is 1. The van der Waals surface area contributed by atoms with Crippen molar-refractivity contribution < 1.29 is 38.7 Å². The molecule has 0 aromatic heterocycles. The number of nitrogens with zero attached hydrogens (tertiary/aromatic N) is 1. The molecule has 0 saturated carbocycles. The van der Waals surface area contributed by atoms with Gasteiger partial charge in [-0.2, -0.15) is 0 Å². The number of carbonyl (C=O) groups is 2. The van der Waals surface area contributed by atoms with Gasteiger partial charge in [0.1, 0.15) is 18.5 Å². The monoisotopic (exact) mass is 570 g/mol. The third kappa shape index (κ3) is 8.82. The van der Waals surface area contributed by atoms with Gasteiger partial charge in [-0.05, 0) is 42.0 Å². The molecule has 4 rings (SSSR count). The molecule has 2 saturated heterocycles. The Bertz CT molecular complexity index is 1100. The number of hydrogen-bond acceptors (Lipinski definition) is 7. The van der Waals surface area contributed by atoms with E-state index in [4.69, 9.17) is 18.9 Å². The number of carbonyl (C=O) groups excluding carboxylic acids is 1. The molecule has 10 nitrogen and oxygen atoms in total. The molecule has 10 heteroatoms. The Balaban J connectivity index is 1.41. The summed E-state index contributed by atoms with van der Waals surface area (Å²) in [5, 5.41) is 23.8. The Labute approximate surface area is 241 Å². The minimum atomic E-state index is -1.16. The second kappa shape index (κ2) is 15.0. The van der Waals surface area contributed by atoms with Gasteiger partial charge in [0.15, 0.2) is 6.29 Å². The van der Waals surface area contributed by atoms with Crippen molar-refractivity contribution in [2.45, 2.75) is 70.7 Å². The van der Waals surface area contributed by atoms with Crippen LogP contribution in [0.5, 0.6) is 5.75 Å². The molecule has 0 spiro atoms. The van der Waals surface area contributed by atoms with Crippen LogP contribution in [0.4, 0.5) is 9.59 Å². The number of nitrogens with one attached hydrogen (secondary N) is 1. The van der Waals surface area contributed by atoms with E-state index in [1.54, 1.807) is 0 Å². The number of carboxylic acid groups (broad SMARTS) is 1. The first kappa shape index (κ1) is 30.6. The summed E-state index contributed by atoms with van der Waals surface area (Å²) >= 11 is 0. The fourth-order valence-corrected chi connectivity index (χ4v) is 5.31. The van der Waals surface area contributed by atoms with Crippen molar-refractivity contribution in [3.8, 4) is 5.75 Å². The number of aliphatic hydroxyl groups is 1. The third-order valence-electron chi connectivity index (χ3n) is 7.95. The Hall–Kier alpha value is -3.34. The average Bonchev–Trinajstić information content (AvgIpc) is 3.60. The molecule has 0 aliphatic carbocycles. The fourth-order valence-electron chi connectivity index (χ4n) is 5.31. The number of ether oxygens (including phenoxy) is 4. The molecule has 2 aliphatic heterocycles. The van der Waals surface area contributed by atoms with E-state index in [1.165, 1.54) is 4.90 Å². The summed E-state index contributed by atoms with van der Waals surface area (Å²) in [5.74, 6) is 0.857. The van der Waals surface area contributed by atoms with Gasteiger partial charge in [-0.15, -0.1) is 0 Å². The molecule has 41 heavy (non-hydrogen) atoms. The van der Waals surface area contributed by atoms with Gasteiger partial charge in [0.25, 0.3) is 0 Å². The van der Waals surface area contributed by atoms with Crippen LogP contribution in [0.3, 0.4) is 0 Å². The number of hydrogen-bond donors (Lipinski definition) is 3.